The number of ether oxygens (including phenoxy) is 1. The van der Waals surface area contributed by atoms with E-state index in [1.54, 1.807) is 12.2 Å². The SMILES string of the molecule is CC(=O)O[C@H]1C[C@@]2(C)[C@@H](C[C@@H](O)[C@H]3[C@@]4(C)CC[C@@H](O)[C@@H](C)[C@@H]4CC[C@@]32C)C1C(/C=C/C=C(C)C)C(=O)O. The average molecular weight is 517 g/mol. The highest BCUT2D eigenvalue weighted by atomic mass is 16.5. The lowest BCUT2D eigenvalue weighted by Crippen LogP contribution is -2.66. The molecular formula is C31H48O6. The number of carboxylic acids is 1. The van der Waals surface area contributed by atoms with E-state index in [1.165, 1.54) is 6.92 Å². The van der Waals surface area contributed by atoms with Crippen LogP contribution in [0.1, 0.15) is 87.0 Å². The maximum absolute atomic E-state index is 12.6. The summed E-state index contributed by atoms with van der Waals surface area (Å²) >= 11 is 0. The molecule has 0 heterocycles. The van der Waals surface area contributed by atoms with E-state index in [2.05, 4.69) is 27.7 Å². The van der Waals surface area contributed by atoms with Gasteiger partial charge in [-0.1, -0.05) is 51.5 Å². The molecule has 4 fully saturated rings. The zero-order valence-electron chi connectivity index (χ0n) is 23.7. The van der Waals surface area contributed by atoms with E-state index >= 15 is 0 Å². The van der Waals surface area contributed by atoms with Crippen LogP contribution in [0.3, 0.4) is 0 Å². The van der Waals surface area contributed by atoms with Crippen molar-refractivity contribution >= 4 is 11.9 Å². The predicted octanol–water partition coefficient (Wildman–Crippen LogP) is 5.38. The zero-order chi connectivity index (χ0) is 27.5. The second-order valence-corrected chi connectivity index (χ2v) is 13.8. The van der Waals surface area contributed by atoms with Gasteiger partial charge in [-0.25, -0.2) is 0 Å². The summed E-state index contributed by atoms with van der Waals surface area (Å²) in [6.45, 7) is 14.4. The lowest BCUT2D eigenvalue weighted by Gasteiger charge is -2.69. The van der Waals surface area contributed by atoms with Gasteiger partial charge in [-0.2, -0.15) is 0 Å². The summed E-state index contributed by atoms with van der Waals surface area (Å²) in [7, 11) is 0. The summed E-state index contributed by atoms with van der Waals surface area (Å²) in [6.07, 6.45) is 8.76. The van der Waals surface area contributed by atoms with E-state index in [4.69, 9.17) is 4.74 Å². The molecule has 2 unspecified atom stereocenters. The lowest BCUT2D eigenvalue weighted by molar-refractivity contribution is -0.239. The van der Waals surface area contributed by atoms with Crippen LogP contribution in [0.5, 0.6) is 0 Å². The minimum atomic E-state index is -0.919. The highest BCUT2D eigenvalue weighted by molar-refractivity contribution is 5.73. The Balaban J connectivity index is 1.79. The van der Waals surface area contributed by atoms with Crippen molar-refractivity contribution in [3.63, 3.8) is 0 Å². The number of aliphatic hydroxyl groups excluding tert-OH is 2. The molecule has 3 N–H and O–H groups in total. The fourth-order valence-electron chi connectivity index (χ4n) is 10.0. The van der Waals surface area contributed by atoms with Crippen LogP contribution in [0.25, 0.3) is 0 Å². The van der Waals surface area contributed by atoms with Crippen molar-refractivity contribution in [2.45, 2.75) is 105 Å². The van der Waals surface area contributed by atoms with E-state index in [9.17, 15) is 24.9 Å². The number of carbonyl (C=O) groups excluding carboxylic acids is 1. The molecule has 37 heavy (non-hydrogen) atoms. The van der Waals surface area contributed by atoms with Gasteiger partial charge in [0.2, 0.25) is 0 Å². The normalized spacial score (nSPS) is 47.9. The van der Waals surface area contributed by atoms with Gasteiger partial charge >= 0.3 is 11.9 Å². The molecule has 12 atom stereocenters. The molecule has 4 saturated carbocycles. The van der Waals surface area contributed by atoms with Crippen molar-refractivity contribution in [2.24, 2.45) is 51.8 Å². The second kappa shape index (κ2) is 9.82. The number of rotatable bonds is 5. The predicted molar refractivity (Wildman–Crippen MR) is 142 cm³/mol. The standard InChI is InChI=1S/C31H48O6/c1-17(2)9-8-10-20(28(35)36)26-22-15-24(34)27-29(5)13-12-23(33)18(3)21(29)11-14-30(27,6)31(22,7)16-25(26)37-19(4)32/h8-10,18,20-27,33-34H,11-16H2,1-7H3,(H,35,36)/b10-8+/t18-,20?,21-,22-,23+,24+,25-,26?,27-,29-,30-,31-/m0/s1. The third-order valence-electron chi connectivity index (χ3n) is 11.7. The smallest absolute Gasteiger partial charge is 0.310 e. The van der Waals surface area contributed by atoms with Crippen LogP contribution >= 0.6 is 0 Å². The van der Waals surface area contributed by atoms with Crippen LogP contribution in [-0.2, 0) is 14.3 Å². The number of carbonyl (C=O) groups is 2. The van der Waals surface area contributed by atoms with Gasteiger partial charge in [0.25, 0.3) is 0 Å². The Kier molecular flexibility index (Phi) is 7.53. The molecule has 0 aromatic rings. The minimum Gasteiger partial charge on any atom is -0.481 e. The summed E-state index contributed by atoms with van der Waals surface area (Å²) < 4.78 is 5.90. The summed E-state index contributed by atoms with van der Waals surface area (Å²) in [5, 5.41) is 32.9. The van der Waals surface area contributed by atoms with Gasteiger partial charge in [0.1, 0.15) is 6.10 Å². The van der Waals surface area contributed by atoms with Gasteiger partial charge in [-0.05, 0) is 92.3 Å². The Labute approximate surface area is 222 Å². The van der Waals surface area contributed by atoms with E-state index in [-0.39, 0.29) is 46.1 Å². The van der Waals surface area contributed by atoms with Gasteiger partial charge in [0.15, 0.2) is 0 Å². The molecule has 0 amide bonds. The Bertz CT molecular complexity index is 967. The first kappa shape index (κ1) is 28.4. The van der Waals surface area contributed by atoms with Gasteiger partial charge in [-0.15, -0.1) is 0 Å². The molecule has 0 spiro atoms. The van der Waals surface area contributed by atoms with Crippen molar-refractivity contribution < 1.29 is 29.6 Å². The summed E-state index contributed by atoms with van der Waals surface area (Å²) in [5.74, 6) is -2.00. The third-order valence-corrected chi connectivity index (χ3v) is 11.7. The molecule has 0 saturated heterocycles. The molecule has 208 valence electrons. The highest BCUT2D eigenvalue weighted by Crippen LogP contribution is 2.74. The number of aliphatic hydroxyl groups is 2. The maximum atomic E-state index is 12.6. The molecule has 0 aromatic carbocycles. The van der Waals surface area contributed by atoms with Crippen LogP contribution in [-0.4, -0.2) is 45.6 Å². The zero-order valence-corrected chi connectivity index (χ0v) is 23.7. The second-order valence-electron chi connectivity index (χ2n) is 13.8. The number of hydrogen-bond acceptors (Lipinski definition) is 5. The molecule has 0 bridgehead atoms. The highest BCUT2D eigenvalue weighted by Gasteiger charge is 2.72. The van der Waals surface area contributed by atoms with Crippen molar-refractivity contribution in [3.05, 3.63) is 23.8 Å². The fraction of sp³-hybridized carbons (Fsp3) is 0.806. The van der Waals surface area contributed by atoms with Gasteiger partial charge < -0.3 is 20.1 Å². The molecule has 0 aromatic heterocycles. The van der Waals surface area contributed by atoms with Crippen molar-refractivity contribution in [3.8, 4) is 0 Å². The van der Waals surface area contributed by atoms with E-state index in [0.29, 0.717) is 18.8 Å². The summed E-state index contributed by atoms with van der Waals surface area (Å²) in [6, 6.07) is 0. The Hall–Kier alpha value is -1.66. The topological polar surface area (TPSA) is 104 Å². The van der Waals surface area contributed by atoms with Gasteiger partial charge in [0, 0.05) is 12.8 Å². The number of carboxylic acid groups (broad SMARTS) is 1. The van der Waals surface area contributed by atoms with E-state index < -0.39 is 30.0 Å². The average Bonchev–Trinajstić information content (AvgIpc) is 3.05. The molecule has 4 aliphatic carbocycles. The van der Waals surface area contributed by atoms with Crippen LogP contribution in [0, 0.1) is 51.8 Å². The monoisotopic (exact) mass is 516 g/mol. The molecular weight excluding hydrogens is 468 g/mol. The van der Waals surface area contributed by atoms with E-state index in [1.807, 2.05) is 19.9 Å². The van der Waals surface area contributed by atoms with Crippen LogP contribution in [0.15, 0.2) is 23.8 Å². The van der Waals surface area contributed by atoms with Gasteiger partial charge in [0.05, 0.1) is 18.1 Å². The Morgan fingerprint density at radius 2 is 1.65 bits per heavy atom. The third kappa shape index (κ3) is 4.40. The summed E-state index contributed by atoms with van der Waals surface area (Å²) in [4.78, 5) is 24.8. The molecule has 0 aliphatic heterocycles. The number of fused-ring (bicyclic) bond motifs is 5. The Morgan fingerprint density at radius 3 is 2.24 bits per heavy atom. The Morgan fingerprint density at radius 1 is 0.973 bits per heavy atom. The maximum Gasteiger partial charge on any atom is 0.310 e. The number of aliphatic carboxylic acids is 1. The molecule has 0 radical (unpaired) electrons. The molecule has 6 nitrogen and oxygen atoms in total. The first-order valence-electron chi connectivity index (χ1n) is 14.2. The van der Waals surface area contributed by atoms with Crippen LogP contribution < -0.4 is 0 Å². The first-order valence-corrected chi connectivity index (χ1v) is 14.2. The quantitative estimate of drug-likeness (QED) is 0.335. The lowest BCUT2D eigenvalue weighted by atomic mass is 9.36. The van der Waals surface area contributed by atoms with Crippen molar-refractivity contribution in [1.29, 1.82) is 0 Å². The number of esters is 1. The fourth-order valence-corrected chi connectivity index (χ4v) is 10.0. The van der Waals surface area contributed by atoms with Crippen molar-refractivity contribution in [2.75, 3.05) is 0 Å². The summed E-state index contributed by atoms with van der Waals surface area (Å²) in [5.41, 5.74) is 0.465. The van der Waals surface area contributed by atoms with Crippen molar-refractivity contribution in [1.82, 2.24) is 0 Å². The minimum absolute atomic E-state index is 0.0520. The number of hydrogen-bond donors (Lipinski definition) is 3. The van der Waals surface area contributed by atoms with E-state index in [0.717, 1.165) is 31.3 Å². The van der Waals surface area contributed by atoms with Crippen LogP contribution in [0.4, 0.5) is 0 Å². The molecule has 4 rings (SSSR count). The largest absolute Gasteiger partial charge is 0.481 e. The van der Waals surface area contributed by atoms with Crippen LogP contribution in [0.2, 0.25) is 0 Å². The molecule has 4 aliphatic rings. The van der Waals surface area contributed by atoms with Gasteiger partial charge in [-0.3, -0.25) is 9.59 Å². The molecule has 6 heteroatoms. The first-order chi connectivity index (χ1) is 17.2. The number of allylic oxidation sites excluding steroid dienone is 3.